The van der Waals surface area contributed by atoms with Gasteiger partial charge in [-0.3, -0.25) is 19.8 Å². The molecule has 2 aliphatic rings. The van der Waals surface area contributed by atoms with Crippen molar-refractivity contribution in [2.75, 3.05) is 33.4 Å². The Morgan fingerprint density at radius 3 is 2.34 bits per heavy atom. The molecule has 3 amide bonds. The van der Waals surface area contributed by atoms with Crippen LogP contribution in [0.4, 0.5) is 4.79 Å². The van der Waals surface area contributed by atoms with Gasteiger partial charge in [-0.1, -0.05) is 30.3 Å². The quantitative estimate of drug-likeness (QED) is 0.698. The fourth-order valence-electron chi connectivity index (χ4n) is 4.26. The molecule has 0 saturated carbocycles. The second kappa shape index (κ2) is 9.82. The molecule has 1 saturated heterocycles. The zero-order valence-corrected chi connectivity index (χ0v) is 18.0. The summed E-state index contributed by atoms with van der Waals surface area (Å²) in [5.41, 5.74) is 1.43. The Morgan fingerprint density at radius 1 is 0.969 bits per heavy atom. The highest BCUT2D eigenvalue weighted by Gasteiger charge is 2.34. The first-order valence-electron chi connectivity index (χ1n) is 10.8. The van der Waals surface area contributed by atoms with Crippen LogP contribution in [-0.4, -0.2) is 56.0 Å². The number of hydrogen-bond acceptors (Lipinski definition) is 6. The van der Waals surface area contributed by atoms with Crippen LogP contribution in [0.15, 0.2) is 48.5 Å². The summed E-state index contributed by atoms with van der Waals surface area (Å²) in [5.74, 6) is 0.831. The molecule has 0 spiro atoms. The van der Waals surface area contributed by atoms with E-state index in [-0.39, 0.29) is 17.6 Å². The number of benzene rings is 2. The van der Waals surface area contributed by atoms with Gasteiger partial charge >= 0.3 is 6.03 Å². The fourth-order valence-corrected chi connectivity index (χ4v) is 4.26. The first-order valence-corrected chi connectivity index (χ1v) is 10.8. The smallest absolute Gasteiger partial charge is 0.321 e. The van der Waals surface area contributed by atoms with Crippen molar-refractivity contribution in [3.8, 4) is 11.5 Å². The van der Waals surface area contributed by atoms with Gasteiger partial charge < -0.3 is 14.8 Å². The standard InChI is InChI=1S/C24H27N3O5/c1-25-24(30)26-23(29)21(16-5-3-2-4-6-16)27-11-9-17(10-12-27)22(28)18-7-8-19-20(15-18)32-14-13-31-19/h2-8,15,17,21H,9-14H2,1H3,(H2,25,26,29,30)/t21-/m0/s1. The molecule has 2 N–H and O–H groups in total. The van der Waals surface area contributed by atoms with Crippen molar-refractivity contribution < 1.29 is 23.9 Å². The topological polar surface area (TPSA) is 97.0 Å². The largest absolute Gasteiger partial charge is 0.486 e. The predicted molar refractivity (Wildman–Crippen MR) is 118 cm³/mol. The Bertz CT molecular complexity index is 986. The van der Waals surface area contributed by atoms with E-state index in [1.807, 2.05) is 35.2 Å². The molecule has 0 radical (unpaired) electrons. The number of ketones is 1. The van der Waals surface area contributed by atoms with Gasteiger partial charge in [0, 0.05) is 18.5 Å². The lowest BCUT2D eigenvalue weighted by molar-refractivity contribution is -0.126. The maximum absolute atomic E-state index is 13.1. The molecule has 8 nitrogen and oxygen atoms in total. The highest BCUT2D eigenvalue weighted by atomic mass is 16.6. The zero-order chi connectivity index (χ0) is 22.5. The van der Waals surface area contributed by atoms with E-state index in [9.17, 15) is 14.4 Å². The van der Waals surface area contributed by atoms with Crippen LogP contribution in [0.5, 0.6) is 11.5 Å². The highest BCUT2D eigenvalue weighted by molar-refractivity contribution is 5.99. The number of amides is 3. The summed E-state index contributed by atoms with van der Waals surface area (Å²) in [5, 5.41) is 4.80. The third kappa shape index (κ3) is 4.75. The third-order valence-electron chi connectivity index (χ3n) is 5.92. The number of fused-ring (bicyclic) bond motifs is 1. The number of urea groups is 1. The number of carbonyl (C=O) groups is 3. The number of rotatable bonds is 5. The van der Waals surface area contributed by atoms with E-state index in [4.69, 9.17) is 9.47 Å². The molecule has 2 aromatic carbocycles. The van der Waals surface area contributed by atoms with Gasteiger partial charge in [0.1, 0.15) is 19.3 Å². The maximum atomic E-state index is 13.1. The summed E-state index contributed by atoms with van der Waals surface area (Å²) >= 11 is 0. The van der Waals surface area contributed by atoms with Crippen molar-refractivity contribution in [1.29, 1.82) is 0 Å². The Kier molecular flexibility index (Phi) is 6.70. The number of hydrogen-bond donors (Lipinski definition) is 2. The van der Waals surface area contributed by atoms with Crippen molar-refractivity contribution in [3.05, 3.63) is 59.7 Å². The molecule has 0 aromatic heterocycles. The van der Waals surface area contributed by atoms with E-state index in [0.717, 1.165) is 5.56 Å². The SMILES string of the molecule is CNC(=O)NC(=O)[C@H](c1ccccc1)N1CCC(C(=O)c2ccc3c(c2)OCCO3)CC1. The van der Waals surface area contributed by atoms with Gasteiger partial charge in [-0.25, -0.2) is 4.79 Å². The summed E-state index contributed by atoms with van der Waals surface area (Å²) in [6, 6.07) is 13.6. The molecule has 32 heavy (non-hydrogen) atoms. The lowest BCUT2D eigenvalue weighted by Gasteiger charge is -2.36. The van der Waals surface area contributed by atoms with Gasteiger partial charge in [0.15, 0.2) is 17.3 Å². The first kappa shape index (κ1) is 21.8. The van der Waals surface area contributed by atoms with Gasteiger partial charge in [-0.15, -0.1) is 0 Å². The van der Waals surface area contributed by atoms with E-state index in [0.29, 0.717) is 56.2 Å². The predicted octanol–water partition coefficient (Wildman–Crippen LogP) is 2.55. The van der Waals surface area contributed by atoms with E-state index in [1.165, 1.54) is 7.05 Å². The third-order valence-corrected chi connectivity index (χ3v) is 5.92. The zero-order valence-electron chi connectivity index (χ0n) is 18.0. The van der Waals surface area contributed by atoms with E-state index in [1.54, 1.807) is 18.2 Å². The van der Waals surface area contributed by atoms with Crippen LogP contribution >= 0.6 is 0 Å². The molecule has 2 aliphatic heterocycles. The van der Waals surface area contributed by atoms with Gasteiger partial charge in [-0.05, 0) is 49.7 Å². The second-order valence-corrected chi connectivity index (χ2v) is 7.91. The summed E-state index contributed by atoms with van der Waals surface area (Å²) < 4.78 is 11.1. The summed E-state index contributed by atoms with van der Waals surface area (Å²) in [6.07, 6.45) is 1.26. The van der Waals surface area contributed by atoms with Gasteiger partial charge in [-0.2, -0.15) is 0 Å². The Labute approximate surface area is 186 Å². The number of likely N-dealkylation sites (tertiary alicyclic amines) is 1. The molecule has 2 aromatic rings. The van der Waals surface area contributed by atoms with Crippen LogP contribution in [0.25, 0.3) is 0 Å². The number of nitrogens with one attached hydrogen (secondary N) is 2. The number of Topliss-reactive ketones (excluding diaryl/α,β-unsaturated/α-hetero) is 1. The summed E-state index contributed by atoms with van der Waals surface area (Å²) in [6.45, 7) is 2.13. The minimum atomic E-state index is -0.598. The van der Waals surface area contributed by atoms with E-state index < -0.39 is 12.1 Å². The normalized spacial score (nSPS) is 17.3. The van der Waals surface area contributed by atoms with Crippen molar-refractivity contribution in [1.82, 2.24) is 15.5 Å². The number of piperidine rings is 1. The highest BCUT2D eigenvalue weighted by Crippen LogP contribution is 2.33. The van der Waals surface area contributed by atoms with Gasteiger partial charge in [0.05, 0.1) is 0 Å². The summed E-state index contributed by atoms with van der Waals surface area (Å²) in [4.78, 5) is 39.7. The average Bonchev–Trinajstić information content (AvgIpc) is 2.84. The van der Waals surface area contributed by atoms with Gasteiger partial charge in [0.25, 0.3) is 0 Å². The summed E-state index contributed by atoms with van der Waals surface area (Å²) in [7, 11) is 1.47. The van der Waals surface area contributed by atoms with Crippen molar-refractivity contribution in [3.63, 3.8) is 0 Å². The molecule has 168 valence electrons. The molecule has 0 unspecified atom stereocenters. The second-order valence-electron chi connectivity index (χ2n) is 7.91. The lowest BCUT2D eigenvalue weighted by Crippen LogP contribution is -2.48. The number of carbonyl (C=O) groups excluding carboxylic acids is 3. The average molecular weight is 437 g/mol. The Balaban J connectivity index is 1.45. The van der Waals surface area contributed by atoms with Crippen LogP contribution in [-0.2, 0) is 4.79 Å². The molecule has 1 atom stereocenters. The van der Waals surface area contributed by atoms with Crippen molar-refractivity contribution >= 4 is 17.7 Å². The first-order chi connectivity index (χ1) is 15.6. The molecular weight excluding hydrogens is 410 g/mol. The van der Waals surface area contributed by atoms with Crippen LogP contribution in [0.3, 0.4) is 0 Å². The van der Waals surface area contributed by atoms with E-state index >= 15 is 0 Å². The van der Waals surface area contributed by atoms with Gasteiger partial charge in [0.2, 0.25) is 5.91 Å². The maximum Gasteiger partial charge on any atom is 0.321 e. The molecule has 0 bridgehead atoms. The van der Waals surface area contributed by atoms with Crippen LogP contribution in [0.2, 0.25) is 0 Å². The van der Waals surface area contributed by atoms with Crippen LogP contribution < -0.4 is 20.1 Å². The van der Waals surface area contributed by atoms with Crippen LogP contribution in [0.1, 0.15) is 34.8 Å². The minimum absolute atomic E-state index is 0.0766. The molecule has 8 heteroatoms. The Morgan fingerprint density at radius 2 is 1.66 bits per heavy atom. The van der Waals surface area contributed by atoms with E-state index in [2.05, 4.69) is 10.6 Å². The fraction of sp³-hybridized carbons (Fsp3) is 0.375. The van der Waals surface area contributed by atoms with Crippen LogP contribution in [0, 0.1) is 5.92 Å². The lowest BCUT2D eigenvalue weighted by atomic mass is 9.87. The number of ether oxygens (including phenoxy) is 2. The molecule has 1 fully saturated rings. The molecule has 0 aliphatic carbocycles. The minimum Gasteiger partial charge on any atom is -0.486 e. The number of imide groups is 1. The van der Waals surface area contributed by atoms with Crippen molar-refractivity contribution in [2.45, 2.75) is 18.9 Å². The monoisotopic (exact) mass is 437 g/mol. The van der Waals surface area contributed by atoms with Crippen molar-refractivity contribution in [2.24, 2.45) is 5.92 Å². The molecule has 2 heterocycles. The molecule has 4 rings (SSSR count). The number of nitrogens with zero attached hydrogens (tertiary/aromatic N) is 1. The molecular formula is C24H27N3O5. The Hall–Kier alpha value is -3.39.